The smallest absolute Gasteiger partial charge is 0.122 e. The third-order valence-corrected chi connectivity index (χ3v) is 2.25. The average molecular weight is 220 g/mol. The van der Waals surface area contributed by atoms with E-state index in [1.807, 2.05) is 26.0 Å². The van der Waals surface area contributed by atoms with E-state index < -0.39 is 0 Å². The maximum Gasteiger partial charge on any atom is 0.122 e. The van der Waals surface area contributed by atoms with Crippen molar-refractivity contribution in [3.63, 3.8) is 0 Å². The van der Waals surface area contributed by atoms with Crippen LogP contribution in [0.15, 0.2) is 24.3 Å². The van der Waals surface area contributed by atoms with Crippen LogP contribution in [-0.4, -0.2) is 18.6 Å². The van der Waals surface area contributed by atoms with Gasteiger partial charge < -0.3 is 10.1 Å². The molecule has 16 heavy (non-hydrogen) atoms. The molecule has 0 amide bonds. The van der Waals surface area contributed by atoms with Crippen molar-refractivity contribution < 1.29 is 4.74 Å². The van der Waals surface area contributed by atoms with Crippen LogP contribution in [0.3, 0.4) is 0 Å². The second-order valence-electron chi connectivity index (χ2n) is 3.67. The molecule has 0 unspecified atom stereocenters. The summed E-state index contributed by atoms with van der Waals surface area (Å²) in [5, 5.41) is 3.35. The van der Waals surface area contributed by atoms with E-state index in [4.69, 9.17) is 4.74 Å². The second-order valence-corrected chi connectivity index (χ2v) is 3.67. The molecule has 0 radical (unpaired) electrons. The minimum absolute atomic E-state index is 0.787. The minimum atomic E-state index is 0.787. The molecule has 88 valence electrons. The summed E-state index contributed by atoms with van der Waals surface area (Å²) >= 11 is 0. The van der Waals surface area contributed by atoms with Crippen LogP contribution in [0, 0.1) is 6.92 Å². The first kappa shape index (κ1) is 12.7. The molecule has 3 nitrogen and oxygen atoms in total. The normalized spacial score (nSPS) is 10.9. The summed E-state index contributed by atoms with van der Waals surface area (Å²) in [5.41, 5.74) is 2.02. The van der Waals surface area contributed by atoms with E-state index in [0.29, 0.717) is 0 Å². The highest BCUT2D eigenvalue weighted by Gasteiger charge is 1.99. The third kappa shape index (κ3) is 4.45. The molecule has 0 atom stereocenters. The molecule has 1 aromatic rings. The van der Waals surface area contributed by atoms with Gasteiger partial charge >= 0.3 is 0 Å². The number of methoxy groups -OCH3 is 1. The number of nitrogens with zero attached hydrogens (tertiary/aromatic N) is 1. The summed E-state index contributed by atoms with van der Waals surface area (Å²) in [7, 11) is 1.68. The van der Waals surface area contributed by atoms with Crippen LogP contribution >= 0.6 is 0 Å². The Kier molecular flexibility index (Phi) is 5.57. The van der Waals surface area contributed by atoms with Crippen LogP contribution in [0.2, 0.25) is 0 Å². The molecule has 0 aliphatic rings. The van der Waals surface area contributed by atoms with Crippen LogP contribution in [0.1, 0.15) is 24.7 Å². The topological polar surface area (TPSA) is 34.1 Å². The highest BCUT2D eigenvalue weighted by atomic mass is 16.5. The van der Waals surface area contributed by atoms with Gasteiger partial charge in [-0.3, -0.25) is 4.98 Å². The van der Waals surface area contributed by atoms with Gasteiger partial charge in [-0.2, -0.15) is 0 Å². The third-order valence-electron chi connectivity index (χ3n) is 2.25. The van der Waals surface area contributed by atoms with Crippen molar-refractivity contribution in [3.05, 3.63) is 35.7 Å². The standard InChI is InChI=1S/C13H20N2O/c1-4-5-6-7-14-10-12-9-13(16-3)8-11(2)15-12/h4-5,8-9,14H,6-7,10H2,1-3H3/b5-4+. The Morgan fingerprint density at radius 1 is 1.44 bits per heavy atom. The van der Waals surface area contributed by atoms with Crippen molar-refractivity contribution >= 4 is 0 Å². The Hall–Kier alpha value is -1.35. The largest absolute Gasteiger partial charge is 0.497 e. The Labute approximate surface area is 97.5 Å². The van der Waals surface area contributed by atoms with Gasteiger partial charge in [0.2, 0.25) is 0 Å². The van der Waals surface area contributed by atoms with Crippen LogP contribution in [-0.2, 0) is 6.54 Å². The Morgan fingerprint density at radius 3 is 2.94 bits per heavy atom. The van der Waals surface area contributed by atoms with Crippen LogP contribution < -0.4 is 10.1 Å². The van der Waals surface area contributed by atoms with Crippen molar-refractivity contribution in [3.8, 4) is 5.75 Å². The lowest BCUT2D eigenvalue weighted by Crippen LogP contribution is -2.15. The van der Waals surface area contributed by atoms with E-state index >= 15 is 0 Å². The zero-order valence-corrected chi connectivity index (χ0v) is 10.3. The van der Waals surface area contributed by atoms with E-state index in [2.05, 4.69) is 22.5 Å². The highest BCUT2D eigenvalue weighted by molar-refractivity contribution is 5.26. The van der Waals surface area contributed by atoms with Gasteiger partial charge in [0.05, 0.1) is 12.8 Å². The molecule has 0 aliphatic heterocycles. The number of ether oxygens (including phenoxy) is 1. The molecule has 3 heteroatoms. The van der Waals surface area contributed by atoms with Gasteiger partial charge in [-0.15, -0.1) is 0 Å². The molecule has 0 aliphatic carbocycles. The lowest BCUT2D eigenvalue weighted by Gasteiger charge is -2.06. The summed E-state index contributed by atoms with van der Waals surface area (Å²) in [6.45, 7) is 5.77. The Bertz CT molecular complexity index is 348. The first-order valence-corrected chi connectivity index (χ1v) is 5.59. The van der Waals surface area contributed by atoms with E-state index in [0.717, 1.165) is 36.6 Å². The summed E-state index contributed by atoms with van der Waals surface area (Å²) in [6.07, 6.45) is 5.27. The highest BCUT2D eigenvalue weighted by Crippen LogP contribution is 2.12. The Morgan fingerprint density at radius 2 is 2.25 bits per heavy atom. The lowest BCUT2D eigenvalue weighted by molar-refractivity contribution is 0.412. The fraction of sp³-hybridized carbons (Fsp3) is 0.462. The zero-order chi connectivity index (χ0) is 11.8. The molecule has 1 rings (SSSR count). The van der Waals surface area contributed by atoms with E-state index in [1.165, 1.54) is 0 Å². The number of nitrogens with one attached hydrogen (secondary N) is 1. The number of allylic oxidation sites excluding steroid dienone is 1. The van der Waals surface area contributed by atoms with Crippen LogP contribution in [0.4, 0.5) is 0 Å². The molecular formula is C13H20N2O. The minimum Gasteiger partial charge on any atom is -0.497 e. The lowest BCUT2D eigenvalue weighted by atomic mass is 10.3. The van der Waals surface area contributed by atoms with Gasteiger partial charge in [-0.05, 0) is 26.8 Å². The second kappa shape index (κ2) is 7.01. The van der Waals surface area contributed by atoms with Crippen molar-refractivity contribution in [2.24, 2.45) is 0 Å². The van der Waals surface area contributed by atoms with E-state index in [-0.39, 0.29) is 0 Å². The van der Waals surface area contributed by atoms with Crippen molar-refractivity contribution in [1.29, 1.82) is 0 Å². The van der Waals surface area contributed by atoms with Gasteiger partial charge in [0.25, 0.3) is 0 Å². The first-order valence-electron chi connectivity index (χ1n) is 5.59. The molecule has 1 N–H and O–H groups in total. The summed E-state index contributed by atoms with van der Waals surface area (Å²) in [5.74, 6) is 0.873. The van der Waals surface area contributed by atoms with Crippen molar-refractivity contribution in [2.45, 2.75) is 26.8 Å². The van der Waals surface area contributed by atoms with E-state index in [1.54, 1.807) is 7.11 Å². The predicted octanol–water partition coefficient (Wildman–Crippen LogP) is 2.45. The Balaban J connectivity index is 2.44. The molecule has 1 aromatic heterocycles. The summed E-state index contributed by atoms with van der Waals surface area (Å²) in [6, 6.07) is 3.90. The SMILES string of the molecule is C/C=C/CCNCc1cc(OC)cc(C)n1. The molecule has 0 aromatic carbocycles. The molecule has 1 heterocycles. The predicted molar refractivity (Wildman–Crippen MR) is 66.7 cm³/mol. The maximum absolute atomic E-state index is 5.20. The molecule has 0 saturated heterocycles. The van der Waals surface area contributed by atoms with Gasteiger partial charge in [0.1, 0.15) is 5.75 Å². The van der Waals surface area contributed by atoms with Crippen LogP contribution in [0.25, 0.3) is 0 Å². The van der Waals surface area contributed by atoms with Crippen LogP contribution in [0.5, 0.6) is 5.75 Å². The maximum atomic E-state index is 5.20. The van der Waals surface area contributed by atoms with Gasteiger partial charge in [-0.1, -0.05) is 12.2 Å². The number of hydrogen-bond donors (Lipinski definition) is 1. The fourth-order valence-electron chi connectivity index (χ4n) is 1.48. The van der Waals surface area contributed by atoms with Crippen molar-refractivity contribution in [1.82, 2.24) is 10.3 Å². The summed E-state index contributed by atoms with van der Waals surface area (Å²) < 4.78 is 5.20. The quantitative estimate of drug-likeness (QED) is 0.590. The zero-order valence-electron chi connectivity index (χ0n) is 10.3. The fourth-order valence-corrected chi connectivity index (χ4v) is 1.48. The monoisotopic (exact) mass is 220 g/mol. The molecular weight excluding hydrogens is 200 g/mol. The number of aryl methyl sites for hydroxylation is 1. The number of aromatic nitrogens is 1. The number of pyridine rings is 1. The molecule has 0 fully saturated rings. The molecule has 0 bridgehead atoms. The number of hydrogen-bond acceptors (Lipinski definition) is 3. The molecule has 0 spiro atoms. The van der Waals surface area contributed by atoms with Crippen molar-refractivity contribution in [2.75, 3.05) is 13.7 Å². The van der Waals surface area contributed by atoms with Gasteiger partial charge in [0.15, 0.2) is 0 Å². The number of rotatable bonds is 6. The van der Waals surface area contributed by atoms with Gasteiger partial charge in [0, 0.05) is 24.4 Å². The van der Waals surface area contributed by atoms with Gasteiger partial charge in [-0.25, -0.2) is 0 Å². The van der Waals surface area contributed by atoms with E-state index in [9.17, 15) is 0 Å². The summed E-state index contributed by atoms with van der Waals surface area (Å²) in [4.78, 5) is 4.44. The first-order chi connectivity index (χ1) is 7.76. The average Bonchev–Trinajstić information content (AvgIpc) is 2.28. The molecule has 0 saturated carbocycles.